The Labute approximate surface area is 111 Å². The minimum atomic E-state index is -1.59. The van der Waals surface area contributed by atoms with Crippen LogP contribution in [0.25, 0.3) is 0 Å². The third-order valence-electron chi connectivity index (χ3n) is 3.68. The van der Waals surface area contributed by atoms with Crippen LogP contribution in [0.15, 0.2) is 42.5 Å². The maximum absolute atomic E-state index is 12.3. The van der Waals surface area contributed by atoms with E-state index in [1.807, 2.05) is 44.2 Å². The third kappa shape index (κ3) is 1.59. The molecule has 2 aromatic rings. The standard InChI is InChI=1S/C16H15NO2/c1-10-7-8-11(2)13(9-10)16(19)12-5-3-4-6-14(12)17-15(16)18/h3-9,19H,1-2H3,(H,17,18). The number of aryl methyl sites for hydroxylation is 2. The Kier molecular flexibility index (Phi) is 2.47. The van der Waals surface area contributed by atoms with Gasteiger partial charge in [0.1, 0.15) is 0 Å². The monoisotopic (exact) mass is 253 g/mol. The van der Waals surface area contributed by atoms with E-state index in [9.17, 15) is 9.90 Å². The molecule has 0 spiro atoms. The van der Waals surface area contributed by atoms with Gasteiger partial charge in [0.2, 0.25) is 0 Å². The van der Waals surface area contributed by atoms with Crippen LogP contribution in [0.2, 0.25) is 0 Å². The van der Waals surface area contributed by atoms with Crippen LogP contribution in [0.5, 0.6) is 0 Å². The largest absolute Gasteiger partial charge is 0.372 e. The highest BCUT2D eigenvalue weighted by atomic mass is 16.3. The molecule has 2 aromatic carbocycles. The molecule has 1 unspecified atom stereocenters. The van der Waals surface area contributed by atoms with E-state index in [1.165, 1.54) is 0 Å². The van der Waals surface area contributed by atoms with Crippen molar-refractivity contribution >= 4 is 11.6 Å². The lowest BCUT2D eigenvalue weighted by molar-refractivity contribution is -0.129. The summed E-state index contributed by atoms with van der Waals surface area (Å²) >= 11 is 0. The van der Waals surface area contributed by atoms with Crippen molar-refractivity contribution < 1.29 is 9.90 Å². The van der Waals surface area contributed by atoms with Gasteiger partial charge in [0, 0.05) is 16.8 Å². The van der Waals surface area contributed by atoms with Crippen molar-refractivity contribution in [2.24, 2.45) is 0 Å². The van der Waals surface area contributed by atoms with E-state index in [0.29, 0.717) is 16.8 Å². The molecule has 3 heteroatoms. The predicted octanol–water partition coefficient (Wildman–Crippen LogP) is 2.49. The first-order valence-corrected chi connectivity index (χ1v) is 6.24. The highest BCUT2D eigenvalue weighted by Gasteiger charge is 2.47. The minimum Gasteiger partial charge on any atom is -0.372 e. The third-order valence-corrected chi connectivity index (χ3v) is 3.68. The van der Waals surface area contributed by atoms with E-state index in [1.54, 1.807) is 12.1 Å². The van der Waals surface area contributed by atoms with Gasteiger partial charge >= 0.3 is 0 Å². The maximum atomic E-state index is 12.3. The molecule has 1 aliphatic heterocycles. The summed E-state index contributed by atoms with van der Waals surface area (Å²) in [4.78, 5) is 12.3. The van der Waals surface area contributed by atoms with Crippen molar-refractivity contribution in [3.63, 3.8) is 0 Å². The average Bonchev–Trinajstić information content (AvgIpc) is 2.66. The summed E-state index contributed by atoms with van der Waals surface area (Å²) < 4.78 is 0. The number of carbonyl (C=O) groups excluding carboxylic acids is 1. The number of rotatable bonds is 1. The quantitative estimate of drug-likeness (QED) is 0.820. The zero-order chi connectivity index (χ0) is 13.6. The fourth-order valence-corrected chi connectivity index (χ4v) is 2.64. The van der Waals surface area contributed by atoms with Gasteiger partial charge in [-0.1, -0.05) is 42.0 Å². The highest BCUT2D eigenvalue weighted by molar-refractivity contribution is 6.07. The Hall–Kier alpha value is -2.13. The van der Waals surface area contributed by atoms with Crippen molar-refractivity contribution in [3.8, 4) is 0 Å². The molecule has 0 fully saturated rings. The van der Waals surface area contributed by atoms with Gasteiger partial charge in [-0.05, 0) is 25.5 Å². The van der Waals surface area contributed by atoms with Crippen molar-refractivity contribution in [1.29, 1.82) is 0 Å². The molecule has 0 saturated carbocycles. The molecule has 0 saturated heterocycles. The highest BCUT2D eigenvalue weighted by Crippen LogP contribution is 2.41. The van der Waals surface area contributed by atoms with E-state index >= 15 is 0 Å². The molecule has 96 valence electrons. The molecule has 19 heavy (non-hydrogen) atoms. The second-order valence-electron chi connectivity index (χ2n) is 5.03. The molecular formula is C16H15NO2. The van der Waals surface area contributed by atoms with E-state index < -0.39 is 5.60 Å². The van der Waals surface area contributed by atoms with Gasteiger partial charge in [-0.15, -0.1) is 0 Å². The van der Waals surface area contributed by atoms with Crippen LogP contribution in [-0.4, -0.2) is 11.0 Å². The van der Waals surface area contributed by atoms with Crippen molar-refractivity contribution in [1.82, 2.24) is 0 Å². The molecule has 0 radical (unpaired) electrons. The van der Waals surface area contributed by atoms with Crippen LogP contribution in [0.4, 0.5) is 5.69 Å². The normalized spacial score (nSPS) is 21.1. The lowest BCUT2D eigenvalue weighted by Crippen LogP contribution is -2.36. The molecule has 0 bridgehead atoms. The molecule has 0 aliphatic carbocycles. The van der Waals surface area contributed by atoms with Gasteiger partial charge in [0.25, 0.3) is 5.91 Å². The van der Waals surface area contributed by atoms with E-state index in [4.69, 9.17) is 0 Å². The summed E-state index contributed by atoms with van der Waals surface area (Å²) in [5.74, 6) is -0.387. The molecule has 0 aromatic heterocycles. The molecule has 1 atom stereocenters. The number of hydrogen-bond acceptors (Lipinski definition) is 2. The van der Waals surface area contributed by atoms with Gasteiger partial charge in [0.05, 0.1) is 0 Å². The summed E-state index contributed by atoms with van der Waals surface area (Å²) in [5, 5.41) is 13.7. The topological polar surface area (TPSA) is 49.3 Å². The van der Waals surface area contributed by atoms with Crippen molar-refractivity contribution in [2.45, 2.75) is 19.4 Å². The smallest absolute Gasteiger partial charge is 0.265 e. The molecule has 1 aliphatic rings. The number of benzene rings is 2. The lowest BCUT2D eigenvalue weighted by atomic mass is 9.84. The van der Waals surface area contributed by atoms with Crippen LogP contribution < -0.4 is 5.32 Å². The summed E-state index contributed by atoms with van der Waals surface area (Å²) in [6.07, 6.45) is 0. The molecule has 3 nitrogen and oxygen atoms in total. The first kappa shape index (κ1) is 11.9. The second-order valence-corrected chi connectivity index (χ2v) is 5.03. The number of hydrogen-bond donors (Lipinski definition) is 2. The first-order chi connectivity index (χ1) is 9.03. The summed E-state index contributed by atoms with van der Waals surface area (Å²) in [6, 6.07) is 13.0. The Morgan fingerprint density at radius 1 is 1.05 bits per heavy atom. The van der Waals surface area contributed by atoms with Crippen LogP contribution in [0, 0.1) is 13.8 Å². The maximum Gasteiger partial charge on any atom is 0.265 e. The Morgan fingerprint density at radius 3 is 2.58 bits per heavy atom. The molecule has 2 N–H and O–H groups in total. The summed E-state index contributed by atoms with van der Waals surface area (Å²) in [6.45, 7) is 3.85. The van der Waals surface area contributed by atoms with Crippen molar-refractivity contribution in [3.05, 3.63) is 64.7 Å². The second kappa shape index (κ2) is 3.93. The van der Waals surface area contributed by atoms with Gasteiger partial charge in [-0.2, -0.15) is 0 Å². The number of fused-ring (bicyclic) bond motifs is 1. The van der Waals surface area contributed by atoms with Gasteiger partial charge in [-0.25, -0.2) is 0 Å². The number of nitrogens with one attached hydrogen (secondary N) is 1. The summed E-state index contributed by atoms with van der Waals surface area (Å²) in [5.41, 5.74) is 2.28. The lowest BCUT2D eigenvalue weighted by Gasteiger charge is -2.23. The fourth-order valence-electron chi connectivity index (χ4n) is 2.64. The SMILES string of the molecule is Cc1ccc(C)c(C2(O)C(=O)Nc3ccccc32)c1. The predicted molar refractivity (Wildman–Crippen MR) is 74.0 cm³/mol. The Bertz CT molecular complexity index is 678. The zero-order valence-electron chi connectivity index (χ0n) is 10.9. The van der Waals surface area contributed by atoms with Crippen LogP contribution in [0.3, 0.4) is 0 Å². The van der Waals surface area contributed by atoms with E-state index in [-0.39, 0.29) is 5.91 Å². The summed E-state index contributed by atoms with van der Waals surface area (Å²) in [7, 11) is 0. The van der Waals surface area contributed by atoms with Crippen LogP contribution >= 0.6 is 0 Å². The molecule has 1 amide bonds. The zero-order valence-corrected chi connectivity index (χ0v) is 10.9. The van der Waals surface area contributed by atoms with E-state index in [2.05, 4.69) is 5.32 Å². The van der Waals surface area contributed by atoms with Gasteiger partial charge in [0.15, 0.2) is 5.60 Å². The van der Waals surface area contributed by atoms with Crippen LogP contribution in [-0.2, 0) is 10.4 Å². The first-order valence-electron chi connectivity index (χ1n) is 6.24. The number of carbonyl (C=O) groups is 1. The van der Waals surface area contributed by atoms with Crippen LogP contribution in [0.1, 0.15) is 22.3 Å². The number of amides is 1. The number of para-hydroxylation sites is 1. The Balaban J connectivity index is 2.28. The molecular weight excluding hydrogens is 238 g/mol. The van der Waals surface area contributed by atoms with Gasteiger partial charge in [-0.3, -0.25) is 4.79 Å². The van der Waals surface area contributed by atoms with Gasteiger partial charge < -0.3 is 10.4 Å². The molecule has 1 heterocycles. The molecule has 3 rings (SSSR count). The minimum absolute atomic E-state index is 0.387. The number of aliphatic hydroxyl groups is 1. The fraction of sp³-hybridized carbons (Fsp3) is 0.188. The van der Waals surface area contributed by atoms with Crippen molar-refractivity contribution in [2.75, 3.05) is 5.32 Å². The number of anilines is 1. The Morgan fingerprint density at radius 2 is 1.79 bits per heavy atom. The average molecular weight is 253 g/mol. The van der Waals surface area contributed by atoms with E-state index in [0.717, 1.165) is 11.1 Å².